The number of aromatic nitrogens is 4. The van der Waals surface area contributed by atoms with E-state index in [4.69, 9.17) is 9.47 Å². The lowest BCUT2D eigenvalue weighted by atomic mass is 9.87. The molecular formula is C23H33N5O5. The van der Waals surface area contributed by atoms with Gasteiger partial charge in [0.05, 0.1) is 23.4 Å². The Kier molecular flexibility index (Phi) is 8.24. The standard InChI is InChI=1S/C23H33N5O5/c1-5-12-28(6-2)23(31)32-14-19-21(25-26-27(19)4)18-10-11-20(15(3)24-18)33-17-9-7-8-16(13-17)22(29)30/h10-11,16-17H,5-9,12-14H2,1-4H3,(H,29,30)/t16-,17-/m0/s1. The molecule has 0 unspecified atom stereocenters. The van der Waals surface area contributed by atoms with Gasteiger partial charge in [0.15, 0.2) is 0 Å². The molecule has 2 aromatic heterocycles. The fourth-order valence-corrected chi connectivity index (χ4v) is 4.07. The zero-order valence-corrected chi connectivity index (χ0v) is 19.8. The summed E-state index contributed by atoms with van der Waals surface area (Å²) in [5.41, 5.74) is 2.47. The van der Waals surface area contributed by atoms with Gasteiger partial charge >= 0.3 is 12.1 Å². The van der Waals surface area contributed by atoms with Gasteiger partial charge in [-0.15, -0.1) is 5.10 Å². The van der Waals surface area contributed by atoms with E-state index < -0.39 is 5.97 Å². The van der Waals surface area contributed by atoms with Gasteiger partial charge in [-0.1, -0.05) is 12.1 Å². The molecule has 1 aliphatic carbocycles. The zero-order valence-electron chi connectivity index (χ0n) is 19.8. The largest absolute Gasteiger partial charge is 0.489 e. The topological polar surface area (TPSA) is 120 Å². The van der Waals surface area contributed by atoms with Crippen molar-refractivity contribution in [1.82, 2.24) is 24.9 Å². The number of carbonyl (C=O) groups is 2. The Morgan fingerprint density at radius 2 is 2.06 bits per heavy atom. The molecule has 0 spiro atoms. The number of carbonyl (C=O) groups excluding carboxylic acids is 1. The second-order valence-electron chi connectivity index (χ2n) is 8.36. The molecule has 1 aliphatic rings. The molecule has 10 nitrogen and oxygen atoms in total. The van der Waals surface area contributed by atoms with Gasteiger partial charge in [-0.2, -0.15) is 0 Å². The van der Waals surface area contributed by atoms with Crippen molar-refractivity contribution in [3.63, 3.8) is 0 Å². The molecule has 2 aromatic rings. The molecule has 2 heterocycles. The highest BCUT2D eigenvalue weighted by atomic mass is 16.6. The molecule has 33 heavy (non-hydrogen) atoms. The molecule has 1 N–H and O–H groups in total. The predicted octanol–water partition coefficient (Wildman–Crippen LogP) is 3.58. The lowest BCUT2D eigenvalue weighted by Gasteiger charge is -2.27. The lowest BCUT2D eigenvalue weighted by Crippen LogP contribution is -2.32. The lowest BCUT2D eigenvalue weighted by molar-refractivity contribution is -0.143. The normalized spacial score (nSPS) is 18.1. The Hall–Kier alpha value is -3.17. The Bertz CT molecular complexity index is 976. The van der Waals surface area contributed by atoms with E-state index in [2.05, 4.69) is 15.3 Å². The molecule has 0 radical (unpaired) electrons. The van der Waals surface area contributed by atoms with Crippen molar-refractivity contribution in [1.29, 1.82) is 0 Å². The predicted molar refractivity (Wildman–Crippen MR) is 121 cm³/mol. The maximum atomic E-state index is 12.4. The summed E-state index contributed by atoms with van der Waals surface area (Å²) in [6.07, 6.45) is 3.22. The molecule has 0 aromatic carbocycles. The molecule has 3 rings (SSSR count). The average molecular weight is 460 g/mol. The zero-order chi connectivity index (χ0) is 24.0. The van der Waals surface area contributed by atoms with Crippen molar-refractivity contribution in [2.45, 2.75) is 65.6 Å². The number of nitrogens with zero attached hydrogens (tertiary/aromatic N) is 5. The summed E-state index contributed by atoms with van der Waals surface area (Å²) in [4.78, 5) is 30.0. The SMILES string of the molecule is CCCN(CC)C(=O)OCc1c(-c2ccc(O[C@H]3CCC[C@H](C(=O)O)C3)c(C)n2)nnn1C. The monoisotopic (exact) mass is 459 g/mol. The highest BCUT2D eigenvalue weighted by molar-refractivity contribution is 5.70. The van der Waals surface area contributed by atoms with E-state index >= 15 is 0 Å². The second-order valence-corrected chi connectivity index (χ2v) is 8.36. The number of hydrogen-bond acceptors (Lipinski definition) is 7. The number of hydrogen-bond donors (Lipinski definition) is 1. The number of aryl methyl sites for hydroxylation is 2. The molecule has 10 heteroatoms. The molecular weight excluding hydrogens is 426 g/mol. The van der Waals surface area contributed by atoms with E-state index in [-0.39, 0.29) is 24.7 Å². The van der Waals surface area contributed by atoms with Gasteiger partial charge in [0.25, 0.3) is 0 Å². The minimum Gasteiger partial charge on any atom is -0.489 e. The minimum atomic E-state index is -0.763. The van der Waals surface area contributed by atoms with E-state index in [0.717, 1.165) is 19.3 Å². The molecule has 0 saturated heterocycles. The smallest absolute Gasteiger partial charge is 0.410 e. The average Bonchev–Trinajstić information content (AvgIpc) is 3.17. The second kappa shape index (κ2) is 11.1. The maximum Gasteiger partial charge on any atom is 0.410 e. The Balaban J connectivity index is 1.71. The fourth-order valence-electron chi connectivity index (χ4n) is 4.07. The first kappa shape index (κ1) is 24.5. The van der Waals surface area contributed by atoms with Crippen molar-refractivity contribution in [3.8, 4) is 17.1 Å². The van der Waals surface area contributed by atoms with Crippen LogP contribution in [0.1, 0.15) is 57.3 Å². The summed E-state index contributed by atoms with van der Waals surface area (Å²) >= 11 is 0. The molecule has 2 atom stereocenters. The highest BCUT2D eigenvalue weighted by Gasteiger charge is 2.28. The number of pyridine rings is 1. The van der Waals surface area contributed by atoms with Crippen LogP contribution in [0.3, 0.4) is 0 Å². The van der Waals surface area contributed by atoms with Gasteiger partial charge in [0.1, 0.15) is 23.7 Å². The molecule has 1 amide bonds. The van der Waals surface area contributed by atoms with Gasteiger partial charge in [0, 0.05) is 20.1 Å². The molecule has 1 saturated carbocycles. The van der Waals surface area contributed by atoms with Crippen molar-refractivity contribution >= 4 is 12.1 Å². The first-order chi connectivity index (χ1) is 15.8. The van der Waals surface area contributed by atoms with Crippen molar-refractivity contribution < 1.29 is 24.2 Å². The van der Waals surface area contributed by atoms with Gasteiger partial charge in [-0.3, -0.25) is 4.79 Å². The summed E-state index contributed by atoms with van der Waals surface area (Å²) in [5, 5.41) is 17.6. The number of amides is 1. The van der Waals surface area contributed by atoms with Crippen molar-refractivity contribution in [2.75, 3.05) is 13.1 Å². The maximum absolute atomic E-state index is 12.4. The Labute approximate surface area is 193 Å². The van der Waals surface area contributed by atoms with E-state index in [1.165, 1.54) is 0 Å². The van der Waals surface area contributed by atoms with Crippen LogP contribution in [-0.4, -0.2) is 61.2 Å². The summed E-state index contributed by atoms with van der Waals surface area (Å²) in [6.45, 7) is 7.03. The van der Waals surface area contributed by atoms with E-state index in [1.807, 2.05) is 26.8 Å². The minimum absolute atomic E-state index is 0.0372. The summed E-state index contributed by atoms with van der Waals surface area (Å²) in [7, 11) is 1.75. The van der Waals surface area contributed by atoms with Gasteiger partial charge < -0.3 is 19.5 Å². The van der Waals surface area contributed by atoms with Crippen LogP contribution in [0.15, 0.2) is 12.1 Å². The summed E-state index contributed by atoms with van der Waals surface area (Å²) < 4.78 is 13.2. The summed E-state index contributed by atoms with van der Waals surface area (Å²) in [5.74, 6) is -0.493. The fraction of sp³-hybridized carbons (Fsp3) is 0.609. The van der Waals surface area contributed by atoms with Crippen LogP contribution in [0.4, 0.5) is 4.79 Å². The van der Waals surface area contributed by atoms with Crippen LogP contribution >= 0.6 is 0 Å². The van der Waals surface area contributed by atoms with Gasteiger partial charge in [-0.05, 0) is 58.1 Å². The van der Waals surface area contributed by atoms with Crippen LogP contribution < -0.4 is 4.74 Å². The highest BCUT2D eigenvalue weighted by Crippen LogP contribution is 2.30. The Morgan fingerprint density at radius 1 is 1.27 bits per heavy atom. The van der Waals surface area contributed by atoms with Crippen LogP contribution in [0.5, 0.6) is 5.75 Å². The Morgan fingerprint density at radius 3 is 2.73 bits per heavy atom. The summed E-state index contributed by atoms with van der Waals surface area (Å²) in [6, 6.07) is 3.62. The van der Waals surface area contributed by atoms with E-state index in [9.17, 15) is 14.7 Å². The first-order valence-corrected chi connectivity index (χ1v) is 11.5. The van der Waals surface area contributed by atoms with Crippen LogP contribution in [-0.2, 0) is 23.2 Å². The quantitative estimate of drug-likeness (QED) is 0.604. The molecule has 1 fully saturated rings. The third-order valence-electron chi connectivity index (χ3n) is 5.96. The van der Waals surface area contributed by atoms with E-state index in [1.54, 1.807) is 22.7 Å². The van der Waals surface area contributed by atoms with Crippen LogP contribution in [0, 0.1) is 12.8 Å². The third-order valence-corrected chi connectivity index (χ3v) is 5.96. The molecule has 180 valence electrons. The number of carboxylic acid groups (broad SMARTS) is 1. The van der Waals surface area contributed by atoms with Gasteiger partial charge in [-0.25, -0.2) is 14.5 Å². The number of rotatable bonds is 9. The number of ether oxygens (including phenoxy) is 2. The van der Waals surface area contributed by atoms with Crippen molar-refractivity contribution in [3.05, 3.63) is 23.5 Å². The van der Waals surface area contributed by atoms with Gasteiger partial charge in [0.2, 0.25) is 0 Å². The van der Waals surface area contributed by atoms with Crippen molar-refractivity contribution in [2.24, 2.45) is 13.0 Å². The first-order valence-electron chi connectivity index (χ1n) is 11.5. The molecule has 0 bridgehead atoms. The third kappa shape index (κ3) is 6.00. The number of carboxylic acids is 1. The van der Waals surface area contributed by atoms with Crippen LogP contribution in [0.25, 0.3) is 11.4 Å². The number of aliphatic carboxylic acids is 1. The molecule has 0 aliphatic heterocycles. The van der Waals surface area contributed by atoms with E-state index in [0.29, 0.717) is 54.5 Å². The van der Waals surface area contributed by atoms with Crippen LogP contribution in [0.2, 0.25) is 0 Å².